The Morgan fingerprint density at radius 2 is 1.47 bits per heavy atom. The topological polar surface area (TPSA) is 32.8 Å². The summed E-state index contributed by atoms with van der Waals surface area (Å²) < 4.78 is 6.18. The van der Waals surface area contributed by atoms with Gasteiger partial charge in [-0.1, -0.05) is 77.8 Å². The van der Waals surface area contributed by atoms with E-state index in [9.17, 15) is 4.79 Å². The summed E-state index contributed by atoms with van der Waals surface area (Å²) in [6.45, 7) is 5.17. The Labute approximate surface area is 223 Å². The van der Waals surface area contributed by atoms with Gasteiger partial charge in [0.05, 0.1) is 15.6 Å². The van der Waals surface area contributed by atoms with Crippen LogP contribution in [0.4, 0.5) is 0 Å². The van der Waals surface area contributed by atoms with Crippen molar-refractivity contribution in [2.75, 3.05) is 26.2 Å². The smallest absolute Gasteiger partial charge is 0.255 e. The predicted octanol–water partition coefficient (Wildman–Crippen LogP) is 7.09. The van der Waals surface area contributed by atoms with Crippen LogP contribution < -0.4 is 4.74 Å². The highest BCUT2D eigenvalue weighted by Crippen LogP contribution is 2.42. The molecule has 0 bridgehead atoms. The van der Waals surface area contributed by atoms with Crippen LogP contribution in [-0.2, 0) is 13.2 Å². The van der Waals surface area contributed by atoms with E-state index in [0.717, 1.165) is 51.3 Å². The largest absolute Gasteiger partial charge is 0.489 e. The molecule has 0 aliphatic carbocycles. The van der Waals surface area contributed by atoms with Gasteiger partial charge < -0.3 is 9.64 Å². The van der Waals surface area contributed by atoms with Gasteiger partial charge in [0, 0.05) is 25.2 Å². The van der Waals surface area contributed by atoms with Crippen molar-refractivity contribution in [2.45, 2.75) is 38.8 Å². The number of para-hydroxylation sites is 1. The van der Waals surface area contributed by atoms with Crippen LogP contribution in [-0.4, -0.2) is 41.9 Å². The molecule has 3 aromatic rings. The second kappa shape index (κ2) is 11.2. The lowest BCUT2D eigenvalue weighted by molar-refractivity contribution is 0.0283. The van der Waals surface area contributed by atoms with Crippen molar-refractivity contribution in [1.29, 1.82) is 0 Å². The number of hydrogen-bond donors (Lipinski definition) is 0. The van der Waals surface area contributed by atoms with Gasteiger partial charge in [0.2, 0.25) is 0 Å². The number of likely N-dealkylation sites (tertiary alicyclic amines) is 2. The second-order valence-corrected chi connectivity index (χ2v) is 10.8. The van der Waals surface area contributed by atoms with Crippen LogP contribution >= 0.6 is 23.2 Å². The van der Waals surface area contributed by atoms with Gasteiger partial charge in [-0.15, -0.1) is 0 Å². The van der Waals surface area contributed by atoms with Crippen molar-refractivity contribution in [3.8, 4) is 5.75 Å². The summed E-state index contributed by atoms with van der Waals surface area (Å²) in [4.78, 5) is 17.5. The molecule has 5 rings (SSSR count). The molecule has 0 saturated carbocycles. The molecule has 0 aromatic heterocycles. The molecule has 2 saturated heterocycles. The first kappa shape index (κ1) is 25.1. The average molecular weight is 524 g/mol. The highest BCUT2D eigenvalue weighted by atomic mass is 35.5. The number of nitrogens with zero attached hydrogens (tertiary/aromatic N) is 2. The van der Waals surface area contributed by atoms with Crippen molar-refractivity contribution in [3.05, 3.63) is 99.5 Å². The lowest BCUT2D eigenvalue weighted by atomic mass is 9.71. The molecule has 188 valence electrons. The predicted molar refractivity (Wildman–Crippen MR) is 146 cm³/mol. The molecule has 0 atom stereocenters. The highest BCUT2D eigenvalue weighted by molar-refractivity contribution is 6.43. The monoisotopic (exact) mass is 522 g/mol. The van der Waals surface area contributed by atoms with E-state index in [2.05, 4.69) is 35.2 Å². The highest BCUT2D eigenvalue weighted by Gasteiger charge is 2.39. The number of rotatable bonds is 6. The third-order valence-electron chi connectivity index (χ3n) is 7.81. The summed E-state index contributed by atoms with van der Waals surface area (Å²) in [5, 5.41) is 0.779. The van der Waals surface area contributed by atoms with Crippen molar-refractivity contribution in [1.82, 2.24) is 9.80 Å². The van der Waals surface area contributed by atoms with Gasteiger partial charge in [-0.05, 0) is 68.0 Å². The molecule has 1 spiro atoms. The SMILES string of the molecule is O=C(c1cccc(Cl)c1Cl)N1CCC2(CCN(Cc3ccccc3OCc3ccccc3)CC2)CC1. The molecule has 3 aromatic carbocycles. The molecule has 4 nitrogen and oxygen atoms in total. The zero-order chi connectivity index (χ0) is 25.0. The van der Waals surface area contributed by atoms with Crippen molar-refractivity contribution < 1.29 is 9.53 Å². The molecule has 0 unspecified atom stereocenters. The number of amides is 1. The fourth-order valence-electron chi connectivity index (χ4n) is 5.46. The van der Waals surface area contributed by atoms with E-state index < -0.39 is 0 Å². The maximum absolute atomic E-state index is 13.0. The molecular formula is C30H32Cl2N2O2. The van der Waals surface area contributed by atoms with Crippen LogP contribution in [0.25, 0.3) is 0 Å². The maximum Gasteiger partial charge on any atom is 0.255 e. The number of carbonyl (C=O) groups is 1. The van der Waals surface area contributed by atoms with Crippen LogP contribution in [0.15, 0.2) is 72.8 Å². The molecule has 2 aliphatic rings. The van der Waals surface area contributed by atoms with E-state index >= 15 is 0 Å². The molecule has 1 amide bonds. The van der Waals surface area contributed by atoms with E-state index in [-0.39, 0.29) is 5.91 Å². The summed E-state index contributed by atoms with van der Waals surface area (Å²) in [5.41, 5.74) is 3.25. The molecule has 2 heterocycles. The van der Waals surface area contributed by atoms with Crippen molar-refractivity contribution in [2.24, 2.45) is 5.41 Å². The summed E-state index contributed by atoms with van der Waals surface area (Å²) in [5.74, 6) is 0.954. The molecule has 6 heteroatoms. The summed E-state index contributed by atoms with van der Waals surface area (Å²) in [7, 11) is 0. The van der Waals surface area contributed by atoms with E-state index in [1.54, 1.807) is 18.2 Å². The molecule has 0 N–H and O–H groups in total. The Balaban J connectivity index is 1.14. The average Bonchev–Trinajstić information content (AvgIpc) is 2.92. The molecule has 2 fully saturated rings. The Hall–Kier alpha value is -2.53. The molecule has 2 aliphatic heterocycles. The Kier molecular flexibility index (Phi) is 7.85. The van der Waals surface area contributed by atoms with Crippen LogP contribution in [0.5, 0.6) is 5.75 Å². The number of ether oxygens (including phenoxy) is 1. The van der Waals surface area contributed by atoms with Crippen LogP contribution in [0.3, 0.4) is 0 Å². The summed E-state index contributed by atoms with van der Waals surface area (Å²) in [6, 6.07) is 23.9. The van der Waals surface area contributed by atoms with E-state index in [1.807, 2.05) is 29.2 Å². The van der Waals surface area contributed by atoms with Gasteiger partial charge in [-0.25, -0.2) is 0 Å². The fraction of sp³-hybridized carbons (Fsp3) is 0.367. The third-order valence-corrected chi connectivity index (χ3v) is 8.63. The Morgan fingerprint density at radius 3 is 2.22 bits per heavy atom. The Morgan fingerprint density at radius 1 is 0.806 bits per heavy atom. The van der Waals surface area contributed by atoms with E-state index in [4.69, 9.17) is 27.9 Å². The van der Waals surface area contributed by atoms with E-state index in [1.165, 1.54) is 24.0 Å². The standard InChI is InChI=1S/C30H32Cl2N2O2/c31-26-11-6-10-25(28(26)32)29(35)34-19-15-30(16-20-34)13-17-33(18-14-30)21-24-9-4-5-12-27(24)36-22-23-7-2-1-3-8-23/h1-12H,13-22H2. The van der Waals surface area contributed by atoms with Gasteiger partial charge in [-0.2, -0.15) is 0 Å². The number of carbonyl (C=O) groups excluding carboxylic acids is 1. The third kappa shape index (κ3) is 5.72. The van der Waals surface area contributed by atoms with Crippen molar-refractivity contribution >= 4 is 29.1 Å². The Bertz CT molecular complexity index is 1180. The summed E-state index contributed by atoms with van der Waals surface area (Å²) in [6.07, 6.45) is 4.42. The zero-order valence-corrected chi connectivity index (χ0v) is 22.0. The van der Waals surface area contributed by atoms with Gasteiger partial charge in [0.15, 0.2) is 0 Å². The lowest BCUT2D eigenvalue weighted by Crippen LogP contribution is -2.48. The second-order valence-electron chi connectivity index (χ2n) is 10.1. The first-order valence-corrected chi connectivity index (χ1v) is 13.5. The number of piperidine rings is 2. The van der Waals surface area contributed by atoms with Crippen LogP contribution in [0.1, 0.15) is 47.2 Å². The van der Waals surface area contributed by atoms with E-state index in [0.29, 0.717) is 27.6 Å². The minimum atomic E-state index is -0.0121. The minimum absolute atomic E-state index is 0.0121. The molecule has 0 radical (unpaired) electrons. The van der Waals surface area contributed by atoms with Crippen molar-refractivity contribution in [3.63, 3.8) is 0 Å². The number of halogens is 2. The van der Waals surface area contributed by atoms with Gasteiger partial charge in [0.25, 0.3) is 5.91 Å². The molecule has 36 heavy (non-hydrogen) atoms. The first-order valence-electron chi connectivity index (χ1n) is 12.7. The maximum atomic E-state index is 13.0. The fourth-order valence-corrected chi connectivity index (χ4v) is 5.84. The zero-order valence-electron chi connectivity index (χ0n) is 20.5. The van der Waals surface area contributed by atoms with Crippen LogP contribution in [0, 0.1) is 5.41 Å². The minimum Gasteiger partial charge on any atom is -0.489 e. The normalized spacial score (nSPS) is 17.8. The van der Waals surface area contributed by atoms with Gasteiger partial charge >= 0.3 is 0 Å². The number of hydrogen-bond acceptors (Lipinski definition) is 3. The first-order chi connectivity index (χ1) is 17.5. The lowest BCUT2D eigenvalue weighted by Gasteiger charge is -2.47. The van der Waals surface area contributed by atoms with Crippen LogP contribution in [0.2, 0.25) is 10.0 Å². The van der Waals surface area contributed by atoms with Gasteiger partial charge in [0.1, 0.15) is 12.4 Å². The quantitative estimate of drug-likeness (QED) is 0.346. The summed E-state index contributed by atoms with van der Waals surface area (Å²) >= 11 is 12.4. The number of benzene rings is 3. The van der Waals surface area contributed by atoms with Gasteiger partial charge in [-0.3, -0.25) is 9.69 Å². The molecular weight excluding hydrogens is 491 g/mol.